The maximum atomic E-state index is 5.29. The fourth-order valence-electron chi connectivity index (χ4n) is 1.39. The van der Waals surface area contributed by atoms with E-state index in [-0.39, 0.29) is 0 Å². The van der Waals surface area contributed by atoms with Gasteiger partial charge in [0.1, 0.15) is 6.26 Å². The highest BCUT2D eigenvalue weighted by Gasteiger charge is 2.04. The molecule has 1 aromatic carbocycles. The highest BCUT2D eigenvalue weighted by Crippen LogP contribution is 2.13. The fourth-order valence-corrected chi connectivity index (χ4v) is 1.39. The predicted octanol–water partition coefficient (Wildman–Crippen LogP) is 3.30. The first-order valence-electron chi connectivity index (χ1n) is 4.90. The second-order valence-electron chi connectivity index (χ2n) is 3.59. The summed E-state index contributed by atoms with van der Waals surface area (Å²) in [6, 6.07) is 10.2. The molecule has 0 N–H and O–H groups in total. The third-order valence-electron chi connectivity index (χ3n) is 2.14. The number of benzene rings is 1. The molecule has 76 valence electrons. The summed E-state index contributed by atoms with van der Waals surface area (Å²) < 4.78 is 5.29. The summed E-state index contributed by atoms with van der Waals surface area (Å²) in [5, 5.41) is 0. The molecule has 0 fully saturated rings. The lowest BCUT2D eigenvalue weighted by atomic mass is 10.1. The summed E-state index contributed by atoms with van der Waals surface area (Å²) in [6.07, 6.45) is 2.49. The molecule has 0 atom stereocenters. The second-order valence-corrected chi connectivity index (χ2v) is 3.59. The lowest BCUT2D eigenvalue weighted by Crippen LogP contribution is -1.88. The van der Waals surface area contributed by atoms with Crippen molar-refractivity contribution < 1.29 is 4.42 Å². The zero-order valence-corrected chi connectivity index (χ0v) is 8.73. The van der Waals surface area contributed by atoms with Crippen LogP contribution in [0.25, 0.3) is 5.57 Å². The number of allylic oxidation sites excluding steroid dienone is 1. The van der Waals surface area contributed by atoms with Crippen LogP contribution in [0.5, 0.6) is 0 Å². The van der Waals surface area contributed by atoms with E-state index in [0.29, 0.717) is 5.89 Å². The Hall–Kier alpha value is -1.83. The van der Waals surface area contributed by atoms with Crippen LogP contribution in [0.1, 0.15) is 24.1 Å². The molecule has 0 spiro atoms. The van der Waals surface area contributed by atoms with Gasteiger partial charge >= 0.3 is 0 Å². The van der Waals surface area contributed by atoms with Crippen LogP contribution in [0.2, 0.25) is 0 Å². The normalized spacial score (nSPS) is 10.2. The summed E-state index contributed by atoms with van der Waals surface area (Å²) >= 11 is 0. The first-order valence-corrected chi connectivity index (χ1v) is 4.90. The van der Waals surface area contributed by atoms with Crippen LogP contribution in [-0.4, -0.2) is 4.98 Å². The van der Waals surface area contributed by atoms with Crippen molar-refractivity contribution in [2.75, 3.05) is 0 Å². The third-order valence-corrected chi connectivity index (χ3v) is 2.14. The molecule has 1 aromatic heterocycles. The van der Waals surface area contributed by atoms with E-state index < -0.39 is 0 Å². The van der Waals surface area contributed by atoms with Gasteiger partial charge in [-0.05, 0) is 12.5 Å². The number of aromatic nitrogens is 1. The average molecular weight is 199 g/mol. The lowest BCUT2D eigenvalue weighted by Gasteiger charge is -1.95. The fraction of sp³-hybridized carbons (Fsp3) is 0.154. The van der Waals surface area contributed by atoms with Gasteiger partial charge in [-0.15, -0.1) is 0 Å². The molecule has 0 radical (unpaired) electrons. The zero-order valence-electron chi connectivity index (χ0n) is 8.73. The summed E-state index contributed by atoms with van der Waals surface area (Å²) in [5.74, 6) is 0.626. The minimum atomic E-state index is 0.626. The van der Waals surface area contributed by atoms with E-state index in [1.807, 2.05) is 25.1 Å². The van der Waals surface area contributed by atoms with Crippen LogP contribution >= 0.6 is 0 Å². The molecule has 1 heterocycles. The number of oxazole rings is 1. The van der Waals surface area contributed by atoms with Crippen LogP contribution in [0, 0.1) is 0 Å². The van der Waals surface area contributed by atoms with Gasteiger partial charge in [-0.2, -0.15) is 0 Å². The molecule has 0 aliphatic heterocycles. The Labute approximate surface area is 89.3 Å². The largest absolute Gasteiger partial charge is 0.445 e. The molecule has 0 unspecified atom stereocenters. The number of hydrogen-bond donors (Lipinski definition) is 0. The Morgan fingerprint density at radius 1 is 1.33 bits per heavy atom. The van der Waals surface area contributed by atoms with Gasteiger partial charge in [-0.25, -0.2) is 4.98 Å². The third kappa shape index (κ3) is 2.34. The standard InChI is InChI=1S/C13H13NO/c1-10(2)13-14-12(9-15-13)8-11-6-4-3-5-7-11/h3-7,9H,1,8H2,2H3. The number of hydrogen-bond acceptors (Lipinski definition) is 2. The Morgan fingerprint density at radius 3 is 2.67 bits per heavy atom. The van der Waals surface area contributed by atoms with Crippen molar-refractivity contribution in [1.29, 1.82) is 0 Å². The Balaban J connectivity index is 2.15. The van der Waals surface area contributed by atoms with Crippen molar-refractivity contribution in [3.8, 4) is 0 Å². The monoisotopic (exact) mass is 199 g/mol. The maximum absolute atomic E-state index is 5.29. The van der Waals surface area contributed by atoms with Crippen molar-refractivity contribution in [2.24, 2.45) is 0 Å². The van der Waals surface area contributed by atoms with Crippen LogP contribution in [-0.2, 0) is 6.42 Å². The summed E-state index contributed by atoms with van der Waals surface area (Å²) in [4.78, 5) is 4.34. The van der Waals surface area contributed by atoms with Gasteiger partial charge in [-0.1, -0.05) is 36.9 Å². The van der Waals surface area contributed by atoms with Crippen LogP contribution in [0.4, 0.5) is 0 Å². The lowest BCUT2D eigenvalue weighted by molar-refractivity contribution is 0.541. The molecule has 0 saturated heterocycles. The van der Waals surface area contributed by atoms with Crippen molar-refractivity contribution in [1.82, 2.24) is 4.98 Å². The zero-order chi connectivity index (χ0) is 10.7. The van der Waals surface area contributed by atoms with Gasteiger partial charge < -0.3 is 4.42 Å². The Morgan fingerprint density at radius 2 is 2.07 bits per heavy atom. The van der Waals surface area contributed by atoms with E-state index >= 15 is 0 Å². The molecular weight excluding hydrogens is 186 g/mol. The second kappa shape index (κ2) is 4.13. The van der Waals surface area contributed by atoms with Crippen molar-refractivity contribution in [2.45, 2.75) is 13.3 Å². The van der Waals surface area contributed by atoms with E-state index in [2.05, 4.69) is 23.7 Å². The molecule has 0 bridgehead atoms. The van der Waals surface area contributed by atoms with Crippen molar-refractivity contribution in [3.05, 3.63) is 60.3 Å². The van der Waals surface area contributed by atoms with Gasteiger partial charge in [0.05, 0.1) is 5.69 Å². The van der Waals surface area contributed by atoms with Crippen molar-refractivity contribution in [3.63, 3.8) is 0 Å². The van der Waals surface area contributed by atoms with E-state index in [4.69, 9.17) is 4.42 Å². The highest BCUT2D eigenvalue weighted by atomic mass is 16.3. The molecule has 2 heteroatoms. The molecule has 2 nitrogen and oxygen atoms in total. The first-order chi connectivity index (χ1) is 7.25. The van der Waals surface area contributed by atoms with E-state index in [9.17, 15) is 0 Å². The summed E-state index contributed by atoms with van der Waals surface area (Å²) in [6.45, 7) is 5.68. The molecule has 0 aliphatic rings. The highest BCUT2D eigenvalue weighted by molar-refractivity contribution is 5.52. The summed E-state index contributed by atoms with van der Waals surface area (Å²) in [7, 11) is 0. The topological polar surface area (TPSA) is 26.0 Å². The van der Waals surface area contributed by atoms with Crippen LogP contribution in [0.15, 0.2) is 47.6 Å². The minimum absolute atomic E-state index is 0.626. The van der Waals surface area contributed by atoms with Gasteiger partial charge in [0, 0.05) is 12.0 Å². The van der Waals surface area contributed by atoms with Crippen LogP contribution < -0.4 is 0 Å². The maximum Gasteiger partial charge on any atom is 0.221 e. The van der Waals surface area contributed by atoms with E-state index in [1.54, 1.807) is 6.26 Å². The predicted molar refractivity (Wildman–Crippen MR) is 60.5 cm³/mol. The quantitative estimate of drug-likeness (QED) is 0.758. The Bertz CT molecular complexity index is 456. The minimum Gasteiger partial charge on any atom is -0.445 e. The smallest absolute Gasteiger partial charge is 0.221 e. The van der Waals surface area contributed by atoms with Gasteiger partial charge in [-0.3, -0.25) is 0 Å². The molecule has 2 aromatic rings. The molecule has 0 amide bonds. The van der Waals surface area contributed by atoms with Gasteiger partial charge in [0.2, 0.25) is 5.89 Å². The van der Waals surface area contributed by atoms with Crippen molar-refractivity contribution >= 4 is 5.57 Å². The van der Waals surface area contributed by atoms with E-state index in [1.165, 1.54) is 5.56 Å². The van der Waals surface area contributed by atoms with E-state index in [0.717, 1.165) is 17.7 Å². The average Bonchev–Trinajstić information content (AvgIpc) is 2.68. The molecule has 15 heavy (non-hydrogen) atoms. The van der Waals surface area contributed by atoms with Crippen LogP contribution in [0.3, 0.4) is 0 Å². The van der Waals surface area contributed by atoms with Gasteiger partial charge in [0.25, 0.3) is 0 Å². The number of nitrogens with zero attached hydrogens (tertiary/aromatic N) is 1. The van der Waals surface area contributed by atoms with Gasteiger partial charge in [0.15, 0.2) is 0 Å². The molecule has 0 saturated carbocycles. The SMILES string of the molecule is C=C(C)c1nc(Cc2ccccc2)co1. The molecule has 2 rings (SSSR count). The first kappa shape index (κ1) is 9.71. The molecular formula is C13H13NO. The Kier molecular flexibility index (Phi) is 2.68. The number of rotatable bonds is 3. The summed E-state index contributed by atoms with van der Waals surface area (Å²) in [5.41, 5.74) is 3.03. The molecule has 0 aliphatic carbocycles.